The fraction of sp³-hybridized carbons (Fsp3) is 0.478. The Balaban J connectivity index is 1.74. The zero-order chi connectivity index (χ0) is 23.0. The van der Waals surface area contributed by atoms with Crippen LogP contribution >= 0.6 is 0 Å². The van der Waals surface area contributed by atoms with Crippen molar-refractivity contribution in [2.24, 2.45) is 5.92 Å². The highest BCUT2D eigenvalue weighted by Gasteiger charge is 2.39. The number of halogens is 1. The van der Waals surface area contributed by atoms with Crippen LogP contribution < -0.4 is 11.1 Å². The lowest BCUT2D eigenvalue weighted by Crippen LogP contribution is -2.54. The maximum absolute atomic E-state index is 13.9. The van der Waals surface area contributed by atoms with Crippen LogP contribution in [0.1, 0.15) is 37.5 Å². The highest BCUT2D eigenvalue weighted by molar-refractivity contribution is 7.91. The van der Waals surface area contributed by atoms with Gasteiger partial charge in [-0.05, 0) is 40.7 Å². The van der Waals surface area contributed by atoms with Crippen molar-refractivity contribution >= 4 is 15.5 Å². The molecule has 2 aromatic carbocycles. The number of sulfone groups is 1. The van der Waals surface area contributed by atoms with Crippen molar-refractivity contribution in [2.45, 2.75) is 51.3 Å². The van der Waals surface area contributed by atoms with Gasteiger partial charge in [0.15, 0.2) is 9.84 Å². The summed E-state index contributed by atoms with van der Waals surface area (Å²) >= 11 is 0. The Morgan fingerprint density at radius 1 is 1.16 bits per heavy atom. The first-order valence-electron chi connectivity index (χ1n) is 10.3. The number of phenolic OH excluding ortho intramolecular Hbond substituents is 1. The van der Waals surface area contributed by atoms with Crippen LogP contribution in [0.4, 0.5) is 10.1 Å². The summed E-state index contributed by atoms with van der Waals surface area (Å²) in [5.41, 5.74) is 7.64. The standard InChI is InChI=1S/C23H31FN2O4S/c1-23(2,3)17-6-4-5-14(8-17)11-26-19-13-31(29,30)12-16(22(19)28)7-15-9-18(24)21(25)20(27)10-15/h4-6,8-10,16,19,22,26-28H,7,11-13,25H2,1-3H3/t16-,19+,22+/m1/s1. The SMILES string of the molecule is CC(C)(C)c1cccc(CN[C@H]2CS(=O)(=O)C[C@@H](Cc3cc(O)c(N)c(F)c3)[C@@H]2O)c1. The van der Waals surface area contributed by atoms with Crippen LogP contribution in [-0.4, -0.2) is 42.3 Å². The molecule has 1 heterocycles. The van der Waals surface area contributed by atoms with E-state index in [1.807, 2.05) is 12.1 Å². The highest BCUT2D eigenvalue weighted by Crippen LogP contribution is 2.29. The van der Waals surface area contributed by atoms with Crippen molar-refractivity contribution < 1.29 is 23.0 Å². The average Bonchev–Trinajstić information content (AvgIpc) is 2.66. The number of aliphatic hydroxyl groups is 1. The second-order valence-electron chi connectivity index (χ2n) is 9.48. The number of nitrogens with two attached hydrogens (primary N) is 1. The van der Waals surface area contributed by atoms with E-state index >= 15 is 0 Å². The molecule has 6 nitrogen and oxygen atoms in total. The average molecular weight is 451 g/mol. The third kappa shape index (κ3) is 5.75. The van der Waals surface area contributed by atoms with Gasteiger partial charge in [0.25, 0.3) is 0 Å². The second kappa shape index (κ2) is 8.76. The topological polar surface area (TPSA) is 113 Å². The van der Waals surface area contributed by atoms with Crippen LogP contribution in [0.5, 0.6) is 5.75 Å². The van der Waals surface area contributed by atoms with E-state index in [0.717, 1.165) is 5.56 Å². The molecule has 8 heteroatoms. The lowest BCUT2D eigenvalue weighted by molar-refractivity contribution is 0.0780. The first kappa shape index (κ1) is 23.5. The van der Waals surface area contributed by atoms with Crippen molar-refractivity contribution in [1.29, 1.82) is 0 Å². The van der Waals surface area contributed by atoms with E-state index in [1.54, 1.807) is 0 Å². The Morgan fingerprint density at radius 2 is 1.87 bits per heavy atom. The van der Waals surface area contributed by atoms with Gasteiger partial charge >= 0.3 is 0 Å². The largest absolute Gasteiger partial charge is 0.506 e. The van der Waals surface area contributed by atoms with Crippen molar-refractivity contribution in [3.8, 4) is 5.75 Å². The van der Waals surface area contributed by atoms with E-state index in [-0.39, 0.29) is 29.0 Å². The number of nitrogens with one attached hydrogen (secondary N) is 1. The molecule has 0 aromatic heterocycles. The number of phenols is 1. The highest BCUT2D eigenvalue weighted by atomic mass is 32.2. The molecule has 2 aromatic rings. The number of benzene rings is 2. The van der Waals surface area contributed by atoms with Gasteiger partial charge in [-0.1, -0.05) is 45.0 Å². The Kier molecular flexibility index (Phi) is 6.64. The molecule has 5 N–H and O–H groups in total. The number of hydrogen-bond donors (Lipinski definition) is 4. The van der Waals surface area contributed by atoms with E-state index in [9.17, 15) is 23.0 Å². The molecule has 0 saturated carbocycles. The first-order chi connectivity index (χ1) is 14.4. The lowest BCUT2D eigenvalue weighted by atomic mass is 9.86. The second-order valence-corrected chi connectivity index (χ2v) is 11.6. The Hall–Kier alpha value is -2.16. The quantitative estimate of drug-likeness (QED) is 0.411. The minimum Gasteiger partial charge on any atom is -0.506 e. The molecule has 31 heavy (non-hydrogen) atoms. The number of aromatic hydroxyl groups is 1. The molecule has 1 aliphatic heterocycles. The smallest absolute Gasteiger partial charge is 0.152 e. The molecule has 1 saturated heterocycles. The maximum Gasteiger partial charge on any atom is 0.152 e. The summed E-state index contributed by atoms with van der Waals surface area (Å²) in [5, 5.41) is 23.8. The van der Waals surface area contributed by atoms with E-state index in [1.165, 1.54) is 17.7 Å². The van der Waals surface area contributed by atoms with E-state index in [4.69, 9.17) is 5.73 Å². The molecule has 0 amide bonds. The van der Waals surface area contributed by atoms with Crippen LogP contribution in [0.2, 0.25) is 0 Å². The van der Waals surface area contributed by atoms with Crippen molar-refractivity contribution in [2.75, 3.05) is 17.2 Å². The maximum atomic E-state index is 13.9. The van der Waals surface area contributed by atoms with E-state index in [2.05, 4.69) is 38.2 Å². The van der Waals surface area contributed by atoms with Crippen LogP contribution in [0, 0.1) is 11.7 Å². The number of hydrogen-bond acceptors (Lipinski definition) is 6. The predicted molar refractivity (Wildman–Crippen MR) is 120 cm³/mol. The summed E-state index contributed by atoms with van der Waals surface area (Å²) in [4.78, 5) is 0. The van der Waals surface area contributed by atoms with Crippen molar-refractivity contribution in [1.82, 2.24) is 5.32 Å². The number of rotatable bonds is 5. The zero-order valence-corrected chi connectivity index (χ0v) is 18.9. The summed E-state index contributed by atoms with van der Waals surface area (Å²) in [5.74, 6) is -2.14. The molecule has 1 aliphatic rings. The third-order valence-corrected chi connectivity index (χ3v) is 7.63. The van der Waals surface area contributed by atoms with E-state index in [0.29, 0.717) is 12.1 Å². The molecule has 0 bridgehead atoms. The molecule has 0 spiro atoms. The molecule has 0 aliphatic carbocycles. The summed E-state index contributed by atoms with van der Waals surface area (Å²) < 4.78 is 38.9. The molecular weight excluding hydrogens is 419 g/mol. The van der Waals surface area contributed by atoms with Crippen LogP contribution in [0.15, 0.2) is 36.4 Å². The van der Waals surface area contributed by atoms with Gasteiger partial charge in [0.05, 0.1) is 17.6 Å². The van der Waals surface area contributed by atoms with Gasteiger partial charge in [-0.2, -0.15) is 0 Å². The molecule has 3 rings (SSSR count). The van der Waals surface area contributed by atoms with Crippen LogP contribution in [0.25, 0.3) is 0 Å². The van der Waals surface area contributed by atoms with E-state index < -0.39 is 39.5 Å². The van der Waals surface area contributed by atoms with Crippen LogP contribution in [0.3, 0.4) is 0 Å². The molecule has 0 unspecified atom stereocenters. The van der Waals surface area contributed by atoms with Crippen molar-refractivity contribution in [3.05, 3.63) is 58.9 Å². The molecule has 3 atom stereocenters. The fourth-order valence-corrected chi connectivity index (χ4v) is 5.99. The van der Waals surface area contributed by atoms with Gasteiger partial charge < -0.3 is 21.3 Å². The van der Waals surface area contributed by atoms with Crippen LogP contribution in [-0.2, 0) is 28.2 Å². The molecule has 1 fully saturated rings. The summed E-state index contributed by atoms with van der Waals surface area (Å²) in [6.45, 7) is 6.80. The molecule has 170 valence electrons. The van der Waals surface area contributed by atoms with Gasteiger partial charge in [-0.3, -0.25) is 0 Å². The Morgan fingerprint density at radius 3 is 2.52 bits per heavy atom. The van der Waals surface area contributed by atoms with Gasteiger partial charge in [-0.25, -0.2) is 12.8 Å². The predicted octanol–water partition coefficient (Wildman–Crippen LogP) is 2.52. The van der Waals surface area contributed by atoms with Gasteiger partial charge in [0.1, 0.15) is 17.3 Å². The number of aliphatic hydroxyl groups excluding tert-OH is 1. The molecular formula is C23H31FN2O4S. The Bertz CT molecular complexity index is 1030. The number of anilines is 1. The Labute approximate surface area is 183 Å². The first-order valence-corrected chi connectivity index (χ1v) is 12.2. The fourth-order valence-electron chi connectivity index (χ4n) is 4.03. The third-order valence-electron chi connectivity index (χ3n) is 5.82. The van der Waals surface area contributed by atoms with Gasteiger partial charge in [0.2, 0.25) is 0 Å². The monoisotopic (exact) mass is 450 g/mol. The van der Waals surface area contributed by atoms with Gasteiger partial charge in [0, 0.05) is 18.5 Å². The normalized spacial score (nSPS) is 23.6. The summed E-state index contributed by atoms with van der Waals surface area (Å²) in [6, 6.07) is 9.90. The van der Waals surface area contributed by atoms with Gasteiger partial charge in [-0.15, -0.1) is 0 Å². The minimum absolute atomic E-state index is 0.00525. The zero-order valence-electron chi connectivity index (χ0n) is 18.1. The molecule has 0 radical (unpaired) electrons. The lowest BCUT2D eigenvalue weighted by Gasteiger charge is -2.35. The summed E-state index contributed by atoms with van der Waals surface area (Å²) in [6.07, 6.45) is -0.819. The van der Waals surface area contributed by atoms with Crippen molar-refractivity contribution in [3.63, 3.8) is 0 Å². The summed E-state index contributed by atoms with van der Waals surface area (Å²) in [7, 11) is -3.40. The number of nitrogen functional groups attached to an aromatic ring is 1. The minimum atomic E-state index is -3.40.